The van der Waals surface area contributed by atoms with Gasteiger partial charge in [-0.3, -0.25) is 9.58 Å². The van der Waals surface area contributed by atoms with Crippen LogP contribution < -0.4 is 9.46 Å². The van der Waals surface area contributed by atoms with Gasteiger partial charge in [-0.1, -0.05) is 18.2 Å². The van der Waals surface area contributed by atoms with Gasteiger partial charge < -0.3 is 4.74 Å². The van der Waals surface area contributed by atoms with E-state index < -0.39 is 10.0 Å². The maximum atomic E-state index is 12.5. The SMILES string of the molecule is COc1ccccc1-c1cc([C@@H]2CN3CC[C@H]2C[C@@H]3CNS(=O)(=O)c2cccs2)n(C)n1. The number of fused-ring (bicyclic) bond motifs is 3. The molecule has 1 unspecified atom stereocenters. The quantitative estimate of drug-likeness (QED) is 0.571. The van der Waals surface area contributed by atoms with E-state index in [0.29, 0.717) is 22.6 Å². The maximum Gasteiger partial charge on any atom is 0.250 e. The van der Waals surface area contributed by atoms with Crippen molar-refractivity contribution in [3.05, 3.63) is 53.5 Å². The van der Waals surface area contributed by atoms with Crippen LogP contribution in [-0.2, 0) is 17.1 Å². The molecule has 5 heterocycles. The Balaban J connectivity index is 1.31. The van der Waals surface area contributed by atoms with Crippen molar-refractivity contribution in [1.29, 1.82) is 0 Å². The first-order valence-electron chi connectivity index (χ1n) is 10.9. The highest BCUT2D eigenvalue weighted by Gasteiger charge is 2.42. The van der Waals surface area contributed by atoms with Crippen molar-refractivity contribution in [1.82, 2.24) is 19.4 Å². The van der Waals surface area contributed by atoms with Crippen LogP contribution in [0.5, 0.6) is 5.75 Å². The Morgan fingerprint density at radius 3 is 2.81 bits per heavy atom. The number of hydrogen-bond acceptors (Lipinski definition) is 6. The van der Waals surface area contributed by atoms with Crippen LogP contribution in [-0.4, -0.2) is 55.9 Å². The normalized spacial score (nSPS) is 25.2. The molecule has 9 heteroatoms. The third kappa shape index (κ3) is 3.98. The van der Waals surface area contributed by atoms with Crippen molar-refractivity contribution in [2.45, 2.75) is 29.0 Å². The van der Waals surface area contributed by atoms with Crippen LogP contribution >= 0.6 is 11.3 Å². The van der Waals surface area contributed by atoms with Crippen LogP contribution in [0.3, 0.4) is 0 Å². The van der Waals surface area contributed by atoms with Gasteiger partial charge in [0.1, 0.15) is 9.96 Å². The Kier molecular flexibility index (Phi) is 5.83. The van der Waals surface area contributed by atoms with Crippen LogP contribution in [0, 0.1) is 5.92 Å². The van der Waals surface area contributed by atoms with E-state index in [-0.39, 0.29) is 6.04 Å². The molecule has 3 saturated heterocycles. The van der Waals surface area contributed by atoms with Gasteiger partial charge in [0, 0.05) is 43.4 Å². The summed E-state index contributed by atoms with van der Waals surface area (Å²) in [6.07, 6.45) is 2.13. The fourth-order valence-electron chi connectivity index (χ4n) is 5.20. The van der Waals surface area contributed by atoms with Gasteiger partial charge in [-0.05, 0) is 54.9 Å². The predicted molar refractivity (Wildman–Crippen MR) is 126 cm³/mol. The smallest absolute Gasteiger partial charge is 0.250 e. The zero-order valence-electron chi connectivity index (χ0n) is 18.3. The molecule has 7 nitrogen and oxygen atoms in total. The molecular weight excluding hydrogens is 444 g/mol. The van der Waals surface area contributed by atoms with Gasteiger partial charge in [-0.15, -0.1) is 11.3 Å². The summed E-state index contributed by atoms with van der Waals surface area (Å²) in [5.74, 6) is 1.75. The number of rotatable bonds is 7. The molecule has 0 saturated carbocycles. The summed E-state index contributed by atoms with van der Waals surface area (Å²) in [6, 6.07) is 13.8. The highest BCUT2D eigenvalue weighted by atomic mass is 32.2. The molecule has 0 amide bonds. The summed E-state index contributed by atoms with van der Waals surface area (Å²) in [5.41, 5.74) is 3.16. The van der Waals surface area contributed by atoms with Gasteiger partial charge >= 0.3 is 0 Å². The summed E-state index contributed by atoms with van der Waals surface area (Å²) in [6.45, 7) is 2.41. The lowest BCUT2D eigenvalue weighted by Crippen LogP contribution is -2.56. The number of ether oxygens (including phenoxy) is 1. The number of aromatic nitrogens is 2. The van der Waals surface area contributed by atoms with Crippen molar-refractivity contribution in [2.24, 2.45) is 13.0 Å². The number of nitrogens with one attached hydrogen (secondary N) is 1. The van der Waals surface area contributed by atoms with Gasteiger partial charge in [0.15, 0.2) is 0 Å². The minimum absolute atomic E-state index is 0.238. The summed E-state index contributed by atoms with van der Waals surface area (Å²) < 4.78 is 35.8. The zero-order chi connectivity index (χ0) is 22.3. The molecule has 3 aliphatic rings. The van der Waals surface area contributed by atoms with Gasteiger partial charge in [-0.2, -0.15) is 5.10 Å². The van der Waals surface area contributed by atoms with Crippen LogP contribution in [0.4, 0.5) is 0 Å². The number of aryl methyl sites for hydroxylation is 1. The van der Waals surface area contributed by atoms with Crippen molar-refractivity contribution in [3.8, 4) is 17.0 Å². The van der Waals surface area contributed by atoms with E-state index >= 15 is 0 Å². The van der Waals surface area contributed by atoms with E-state index in [2.05, 4.69) is 15.7 Å². The summed E-state index contributed by atoms with van der Waals surface area (Å²) in [5, 5.41) is 6.58. The average molecular weight is 473 g/mol. The highest BCUT2D eigenvalue weighted by molar-refractivity contribution is 7.91. The molecular formula is C23H28N4O3S2. The second-order valence-electron chi connectivity index (χ2n) is 8.60. The Labute approximate surface area is 193 Å². The minimum Gasteiger partial charge on any atom is -0.496 e. The number of thiophene rings is 1. The summed E-state index contributed by atoms with van der Waals surface area (Å²) in [4.78, 5) is 2.44. The monoisotopic (exact) mass is 472 g/mol. The molecule has 3 aliphatic heterocycles. The largest absolute Gasteiger partial charge is 0.496 e. The fraction of sp³-hybridized carbons (Fsp3) is 0.435. The molecule has 2 bridgehead atoms. The summed E-state index contributed by atoms with van der Waals surface area (Å²) >= 11 is 1.25. The van der Waals surface area contributed by atoms with E-state index in [4.69, 9.17) is 9.84 Å². The first-order valence-corrected chi connectivity index (χ1v) is 13.3. The van der Waals surface area contributed by atoms with Crippen molar-refractivity contribution >= 4 is 21.4 Å². The number of sulfonamides is 1. The van der Waals surface area contributed by atoms with Gasteiger partial charge in [-0.25, -0.2) is 13.1 Å². The van der Waals surface area contributed by atoms with Gasteiger partial charge in [0.2, 0.25) is 10.0 Å². The zero-order valence-corrected chi connectivity index (χ0v) is 19.9. The molecule has 170 valence electrons. The minimum atomic E-state index is -3.42. The highest BCUT2D eigenvalue weighted by Crippen LogP contribution is 2.43. The lowest BCUT2D eigenvalue weighted by molar-refractivity contribution is 0.0306. The van der Waals surface area contributed by atoms with E-state index in [1.807, 2.05) is 36.0 Å². The lowest BCUT2D eigenvalue weighted by Gasteiger charge is -2.49. The Morgan fingerprint density at radius 2 is 2.09 bits per heavy atom. The standard InChI is InChI=1S/C23H28N4O3S2/c1-26-21(13-20(25-26)18-6-3-4-7-22(18)30-2)19-15-27-10-9-16(19)12-17(27)14-24-32(28,29)23-8-5-11-31-23/h3-8,11,13,16-17,19,24H,9-10,12,14-15H2,1-2H3/t16-,17+,19+/m0/s1. The van der Waals surface area contributed by atoms with Crippen molar-refractivity contribution < 1.29 is 13.2 Å². The Hall–Kier alpha value is -2.20. The van der Waals surface area contributed by atoms with Crippen molar-refractivity contribution in [2.75, 3.05) is 26.7 Å². The molecule has 0 spiro atoms. The molecule has 1 aromatic carbocycles. The molecule has 0 aliphatic carbocycles. The van der Waals surface area contributed by atoms with E-state index in [0.717, 1.165) is 42.9 Å². The number of methoxy groups -OCH3 is 1. The number of hydrogen-bond donors (Lipinski definition) is 1. The van der Waals surface area contributed by atoms with Gasteiger partial charge in [0.05, 0.1) is 12.8 Å². The lowest BCUT2D eigenvalue weighted by atomic mass is 9.74. The third-order valence-electron chi connectivity index (χ3n) is 6.83. The number of para-hydroxylation sites is 1. The van der Waals surface area contributed by atoms with E-state index in [1.165, 1.54) is 17.0 Å². The fourth-order valence-corrected chi connectivity index (χ4v) is 7.31. The second-order valence-corrected chi connectivity index (χ2v) is 11.5. The van der Waals surface area contributed by atoms with Crippen LogP contribution in [0.1, 0.15) is 24.5 Å². The molecule has 0 radical (unpaired) electrons. The van der Waals surface area contributed by atoms with Crippen LogP contribution in [0.25, 0.3) is 11.3 Å². The molecule has 32 heavy (non-hydrogen) atoms. The molecule has 3 aromatic rings. The molecule has 6 rings (SSSR count). The predicted octanol–water partition coefficient (Wildman–Crippen LogP) is 3.31. The van der Waals surface area contributed by atoms with Gasteiger partial charge in [0.25, 0.3) is 0 Å². The second kappa shape index (κ2) is 8.62. The molecule has 1 N–H and O–H groups in total. The van der Waals surface area contributed by atoms with Crippen LogP contribution in [0.2, 0.25) is 0 Å². The molecule has 3 fully saturated rings. The third-order valence-corrected chi connectivity index (χ3v) is 9.65. The van der Waals surface area contributed by atoms with E-state index in [1.54, 1.807) is 24.6 Å². The maximum absolute atomic E-state index is 12.5. The molecule has 2 aromatic heterocycles. The number of benzene rings is 1. The average Bonchev–Trinajstić information content (AvgIpc) is 3.49. The topological polar surface area (TPSA) is 76.5 Å². The number of nitrogens with zero attached hydrogens (tertiary/aromatic N) is 3. The Morgan fingerprint density at radius 1 is 1.25 bits per heavy atom. The first-order chi connectivity index (χ1) is 15.5. The first kappa shape index (κ1) is 21.6. The Bertz CT molecular complexity index is 1190. The van der Waals surface area contributed by atoms with Crippen molar-refractivity contribution in [3.63, 3.8) is 0 Å². The van der Waals surface area contributed by atoms with E-state index in [9.17, 15) is 8.42 Å². The number of piperidine rings is 3. The molecule has 4 atom stereocenters. The van der Waals surface area contributed by atoms with Crippen LogP contribution in [0.15, 0.2) is 52.1 Å². The summed E-state index contributed by atoms with van der Waals surface area (Å²) in [7, 11) is 0.272.